The number of likely N-dealkylation sites (tertiary alicyclic amines) is 1. The number of carbonyl (C=O) groups excluding carboxylic acids is 6. The van der Waals surface area contributed by atoms with Crippen LogP contribution in [0, 0.1) is 48.3 Å². The number of phenolic OH excluding ortho intramolecular Hbond substituents is 3. The molecule has 3 aromatic carbocycles. The number of carbonyl (C=O) groups is 6. The van der Waals surface area contributed by atoms with Crippen LogP contribution in [0.2, 0.25) is 0 Å². The number of aliphatic hydroxyl groups is 5. The summed E-state index contributed by atoms with van der Waals surface area (Å²) in [5, 5.41) is 94.4. The molecule has 4 aliphatic heterocycles. The highest BCUT2D eigenvalue weighted by Crippen LogP contribution is 2.55. The van der Waals surface area contributed by atoms with Crippen molar-refractivity contribution in [3.8, 4) is 23.0 Å². The predicted molar refractivity (Wildman–Crippen MR) is 346 cm³/mol. The number of nitrogens with zero attached hydrogens (tertiary/aromatic N) is 5. The van der Waals surface area contributed by atoms with Crippen molar-refractivity contribution in [2.75, 3.05) is 65.2 Å². The van der Waals surface area contributed by atoms with Crippen LogP contribution < -0.4 is 31.4 Å². The number of likely N-dealkylation sites (N-methyl/N-ethyl adjacent to an activating group) is 1. The normalized spacial score (nSPS) is 31.4. The molecule has 508 valence electrons. The first-order chi connectivity index (χ1) is 44.0. The van der Waals surface area contributed by atoms with Crippen LogP contribution in [0.15, 0.2) is 75.2 Å². The van der Waals surface area contributed by atoms with Crippen molar-refractivity contribution in [3.63, 3.8) is 0 Å². The molecule has 1 saturated carbocycles. The van der Waals surface area contributed by atoms with E-state index in [4.69, 9.17) is 29.7 Å². The number of phenols is 3. The van der Waals surface area contributed by atoms with Crippen LogP contribution in [-0.2, 0) is 44.6 Å². The molecule has 4 heterocycles. The van der Waals surface area contributed by atoms with Crippen molar-refractivity contribution in [2.45, 2.75) is 142 Å². The number of hydrogen-bond donors (Lipinski definition) is 10. The number of Topliss-reactive ketones (excluding diaryl/α,β-unsaturated/α-hetero) is 3. The van der Waals surface area contributed by atoms with E-state index >= 15 is 0 Å². The molecule has 25 nitrogen and oxygen atoms in total. The lowest BCUT2D eigenvalue weighted by atomic mass is 9.57. The van der Waals surface area contributed by atoms with Crippen LogP contribution in [0.5, 0.6) is 23.0 Å². The van der Waals surface area contributed by atoms with Crippen LogP contribution in [0.3, 0.4) is 0 Å². The monoisotopic (exact) mass is 1300 g/mol. The molecule has 94 heavy (non-hydrogen) atoms. The van der Waals surface area contributed by atoms with Gasteiger partial charge >= 0.3 is 11.8 Å². The van der Waals surface area contributed by atoms with E-state index in [1.807, 2.05) is 19.0 Å². The van der Waals surface area contributed by atoms with Gasteiger partial charge in [0.25, 0.3) is 17.6 Å². The van der Waals surface area contributed by atoms with Gasteiger partial charge in [0, 0.05) is 125 Å². The van der Waals surface area contributed by atoms with Crippen molar-refractivity contribution in [3.05, 3.63) is 98.1 Å². The van der Waals surface area contributed by atoms with Crippen molar-refractivity contribution in [1.82, 2.24) is 9.80 Å². The van der Waals surface area contributed by atoms with Gasteiger partial charge in [0.15, 0.2) is 17.1 Å². The molecule has 2 amide bonds. The SMILES string of the molecule is CN(C)c1ccc(O)c2c1C[C@H]1C[C@H]3[C@H](N(C)C)C(=O)C(C(N)=O)=C(O)[C@@]3(O)C(=O)C1=C2O.CO[C@H]1/C=C/O[C@@]2(C)Oc3c(C)c(O)c4c(O)c(c5c(c4c3C2=O)NC2(CCN(CC(C)C)CC2)N=5)=NC(=O)/C(C)=C\C=C\[C@H](C)[C@H](O)[C@@H](C)[C@@H](O)[C@@H](C)[C@H](OC(C)=O)[C@@H]1C. The zero-order valence-electron chi connectivity index (χ0n) is 55.9. The first kappa shape index (κ1) is 70.1. The van der Waals surface area contributed by atoms with Crippen LogP contribution in [0.4, 0.5) is 11.4 Å². The first-order valence-corrected chi connectivity index (χ1v) is 31.7. The number of aliphatic hydroxyl groups excluding tert-OH is 4. The molecule has 3 aliphatic carbocycles. The summed E-state index contributed by atoms with van der Waals surface area (Å²) in [6.45, 7) is 19.6. The molecule has 4 bridgehead atoms. The molecule has 1 spiro atoms. The largest absolute Gasteiger partial charge is 0.508 e. The third kappa shape index (κ3) is 12.0. The van der Waals surface area contributed by atoms with E-state index in [1.54, 1.807) is 86.0 Å². The van der Waals surface area contributed by atoms with Crippen molar-refractivity contribution in [2.24, 2.45) is 57.1 Å². The maximum absolute atomic E-state index is 14.7. The Morgan fingerprint density at radius 3 is 2.14 bits per heavy atom. The Morgan fingerprint density at radius 2 is 1.54 bits per heavy atom. The number of hydrogen-bond acceptors (Lipinski definition) is 23. The average molecular weight is 1300 g/mol. The summed E-state index contributed by atoms with van der Waals surface area (Å²) in [5.41, 5.74) is 3.04. The summed E-state index contributed by atoms with van der Waals surface area (Å²) in [6, 6.07) is 2.01. The second-order valence-corrected chi connectivity index (χ2v) is 27.3. The molecule has 10 rings (SSSR count). The number of esters is 1. The zero-order valence-corrected chi connectivity index (χ0v) is 55.9. The van der Waals surface area contributed by atoms with Gasteiger partial charge in [-0.2, -0.15) is 0 Å². The van der Waals surface area contributed by atoms with Gasteiger partial charge in [-0.25, -0.2) is 4.99 Å². The second kappa shape index (κ2) is 26.2. The number of ketones is 3. The van der Waals surface area contributed by atoms with Crippen molar-refractivity contribution in [1.29, 1.82) is 0 Å². The fourth-order valence-electron chi connectivity index (χ4n) is 14.9. The lowest BCUT2D eigenvalue weighted by molar-refractivity contribution is -0.160. The maximum Gasteiger partial charge on any atom is 0.312 e. The van der Waals surface area contributed by atoms with E-state index in [0.29, 0.717) is 30.0 Å². The third-order valence-corrected chi connectivity index (χ3v) is 20.0. The van der Waals surface area contributed by atoms with Crippen molar-refractivity contribution < 1.29 is 88.6 Å². The zero-order chi connectivity index (χ0) is 69.4. The Hall–Kier alpha value is -8.20. The van der Waals surface area contributed by atoms with E-state index in [0.717, 1.165) is 25.3 Å². The molecular weight excluding hydrogens is 1210 g/mol. The van der Waals surface area contributed by atoms with Gasteiger partial charge in [-0.3, -0.25) is 38.7 Å². The van der Waals surface area contributed by atoms with Crippen LogP contribution in [0.1, 0.15) is 109 Å². The minimum Gasteiger partial charge on any atom is -0.508 e. The van der Waals surface area contributed by atoms with Gasteiger partial charge in [0.05, 0.1) is 52.8 Å². The van der Waals surface area contributed by atoms with Gasteiger partial charge in [-0.05, 0) is 76.4 Å². The third-order valence-electron chi connectivity index (χ3n) is 20.0. The first-order valence-electron chi connectivity index (χ1n) is 31.7. The number of benzene rings is 3. The van der Waals surface area contributed by atoms with E-state index in [-0.39, 0.29) is 79.4 Å². The summed E-state index contributed by atoms with van der Waals surface area (Å²) in [7, 11) is 8.22. The van der Waals surface area contributed by atoms with Gasteiger partial charge in [0.2, 0.25) is 5.78 Å². The molecule has 0 radical (unpaired) electrons. The highest BCUT2D eigenvalue weighted by Gasteiger charge is 2.64. The number of anilines is 2. The van der Waals surface area contributed by atoms with Crippen molar-refractivity contribution >= 4 is 63.0 Å². The molecule has 1 saturated heterocycles. The molecular formula is C69H89N7O18. The summed E-state index contributed by atoms with van der Waals surface area (Å²) in [6.07, 6.45) is 5.40. The lowest BCUT2D eigenvalue weighted by Crippen LogP contribution is -2.65. The Balaban J connectivity index is 0.000000264. The number of nitrogens with one attached hydrogen (secondary N) is 1. The molecule has 11 N–H and O–H groups in total. The number of ether oxygens (including phenoxy) is 4. The molecule has 13 atom stereocenters. The maximum atomic E-state index is 14.7. The Bertz CT molecular complexity index is 3940. The van der Waals surface area contributed by atoms with E-state index in [9.17, 15) is 69.6 Å². The number of piperidine rings is 1. The minimum atomic E-state index is -2.63. The fraction of sp³-hybridized carbons (Fsp3) is 0.536. The Labute approximate surface area is 545 Å². The average Bonchev–Trinajstić information content (AvgIpc) is 1.17. The number of aromatic hydroxyl groups is 3. The van der Waals surface area contributed by atoms with Crippen LogP contribution in [-0.4, -0.2) is 188 Å². The Morgan fingerprint density at radius 1 is 0.883 bits per heavy atom. The number of rotatable bonds is 7. The topological polar surface area (TPSA) is 374 Å². The lowest BCUT2D eigenvalue weighted by Gasteiger charge is -2.50. The number of primary amides is 1. The predicted octanol–water partition coefficient (Wildman–Crippen LogP) is 4.78. The minimum absolute atomic E-state index is 0.0538. The number of fused-ring (bicyclic) bond motifs is 4. The second-order valence-electron chi connectivity index (χ2n) is 27.3. The van der Waals surface area contributed by atoms with E-state index in [1.165, 1.54) is 38.2 Å². The Kier molecular flexibility index (Phi) is 19.5. The number of allylic oxidation sites excluding steroid dienone is 2. The standard InChI is InChI=1S/C46H62N4O11.C23H27N3O7/c1-22(2)21-50-18-16-46(17-19-50)48-34-31-32-39(54)28(8)42-33(31)43(56)45(10,61-42)59-20-15-30(58-11)25(5)41(60-29(9)51)27(7)38(53)26(6)37(52)23(3)13-12-14-24(4)44(57)47-36(40(32)55)35(34)49-46;1-25(2)12-5-6-13(27)15-10(12)7-9-8-11-17(26(3)4)19(29)16(22(24)32)21(31)23(11,33)20(30)14(9)18(15)28/h12-15,20,22-23,25-27,30,37-38,41,48,52-55H,16-19,21H2,1-11H3;5-6,9,11,17,27-28,31,33H,7-8H2,1-4H3,(H2,24,32)/b13-12+,20-15+,24-14-,47-36?;/t23-,25+,26+,27+,30-,37-,38+,41+,45-;9-,11-,17-,23-/m00/s1. The highest BCUT2D eigenvalue weighted by atomic mass is 16.7. The number of amides is 2. The quantitative estimate of drug-likeness (QED) is 0.0864. The smallest absolute Gasteiger partial charge is 0.312 e. The molecule has 2 fully saturated rings. The fourth-order valence-corrected chi connectivity index (χ4v) is 14.9. The summed E-state index contributed by atoms with van der Waals surface area (Å²) < 4.78 is 24.0. The summed E-state index contributed by atoms with van der Waals surface area (Å²) in [4.78, 5) is 94.9. The summed E-state index contributed by atoms with van der Waals surface area (Å²) >= 11 is 0. The molecule has 25 heteroatoms. The molecule has 0 aromatic heterocycles. The van der Waals surface area contributed by atoms with E-state index in [2.05, 4.69) is 29.1 Å². The van der Waals surface area contributed by atoms with Gasteiger partial charge in [-0.15, -0.1) is 0 Å². The summed E-state index contributed by atoms with van der Waals surface area (Å²) in [5.74, 6) is -13.1. The molecule has 3 aromatic rings. The van der Waals surface area contributed by atoms with Gasteiger partial charge in [-0.1, -0.05) is 59.8 Å². The van der Waals surface area contributed by atoms with Gasteiger partial charge in [0.1, 0.15) is 56.8 Å². The van der Waals surface area contributed by atoms with Gasteiger partial charge < -0.3 is 80.6 Å². The number of nitrogens with two attached hydrogens (primary N) is 1. The van der Waals surface area contributed by atoms with Crippen LogP contribution >= 0.6 is 0 Å². The van der Waals surface area contributed by atoms with Crippen LogP contribution in [0.25, 0.3) is 16.5 Å². The molecule has 7 aliphatic rings. The number of methoxy groups -OCH3 is 1. The van der Waals surface area contributed by atoms with E-state index < -0.39 is 141 Å². The molecule has 0 unspecified atom stereocenters. The highest BCUT2D eigenvalue weighted by molar-refractivity contribution is 6.25.